The van der Waals surface area contributed by atoms with Crippen molar-refractivity contribution in [3.8, 4) is 5.75 Å². The fraction of sp³-hybridized carbons (Fsp3) is 0.588. The van der Waals surface area contributed by atoms with Crippen molar-refractivity contribution in [1.82, 2.24) is 10.2 Å². The minimum Gasteiger partial charge on any atom is -0.497 e. The number of amides is 1. The first-order valence-corrected chi connectivity index (χ1v) is 7.79. The predicted molar refractivity (Wildman–Crippen MR) is 84.5 cm³/mol. The lowest BCUT2D eigenvalue weighted by Crippen LogP contribution is -2.40. The molecule has 1 aliphatic heterocycles. The first-order valence-electron chi connectivity index (χ1n) is 7.79. The number of hydrogen-bond acceptors (Lipinski definition) is 3. The van der Waals surface area contributed by atoms with Gasteiger partial charge in [0.05, 0.1) is 13.5 Å². The van der Waals surface area contributed by atoms with E-state index in [0.717, 1.165) is 43.4 Å². The lowest BCUT2D eigenvalue weighted by Gasteiger charge is -2.30. The number of hydrogen-bond donors (Lipinski definition) is 1. The molecule has 2 rings (SSSR count). The molecule has 1 atom stereocenters. The zero-order valence-electron chi connectivity index (χ0n) is 13.1. The lowest BCUT2D eigenvalue weighted by molar-refractivity contribution is -0.120. The first-order chi connectivity index (χ1) is 10.2. The van der Waals surface area contributed by atoms with Crippen molar-refractivity contribution in [3.05, 3.63) is 29.8 Å². The van der Waals surface area contributed by atoms with Crippen LogP contribution >= 0.6 is 0 Å². The molecule has 21 heavy (non-hydrogen) atoms. The lowest BCUT2D eigenvalue weighted by atomic mass is 10.0. The summed E-state index contributed by atoms with van der Waals surface area (Å²) in [5, 5.41) is 3.01. The molecule has 1 aliphatic rings. The molecular formula is C17H26N2O2. The Kier molecular flexibility index (Phi) is 6.05. The third-order valence-electron chi connectivity index (χ3n) is 3.99. The Balaban J connectivity index is 1.69. The fourth-order valence-corrected chi connectivity index (χ4v) is 2.87. The van der Waals surface area contributed by atoms with Crippen LogP contribution in [0.5, 0.6) is 5.75 Å². The summed E-state index contributed by atoms with van der Waals surface area (Å²) in [6.07, 6.45) is 3.02. The van der Waals surface area contributed by atoms with E-state index in [9.17, 15) is 4.79 Å². The van der Waals surface area contributed by atoms with Crippen molar-refractivity contribution < 1.29 is 9.53 Å². The van der Waals surface area contributed by atoms with Crippen LogP contribution in [-0.2, 0) is 11.2 Å². The average molecular weight is 290 g/mol. The van der Waals surface area contributed by atoms with E-state index in [4.69, 9.17) is 4.74 Å². The van der Waals surface area contributed by atoms with Crippen LogP contribution in [0.1, 0.15) is 25.3 Å². The second-order valence-corrected chi connectivity index (χ2v) is 5.93. The molecule has 4 nitrogen and oxygen atoms in total. The van der Waals surface area contributed by atoms with E-state index in [1.807, 2.05) is 24.3 Å². The van der Waals surface area contributed by atoms with Crippen molar-refractivity contribution in [3.63, 3.8) is 0 Å². The van der Waals surface area contributed by atoms with Gasteiger partial charge < -0.3 is 15.0 Å². The number of nitrogens with one attached hydrogen (secondary N) is 1. The second kappa shape index (κ2) is 8.03. The van der Waals surface area contributed by atoms with Crippen LogP contribution in [-0.4, -0.2) is 44.1 Å². The van der Waals surface area contributed by atoms with E-state index in [0.29, 0.717) is 6.42 Å². The monoisotopic (exact) mass is 290 g/mol. The normalized spacial score (nSPS) is 19.2. The van der Waals surface area contributed by atoms with Gasteiger partial charge in [-0.25, -0.2) is 0 Å². The number of likely N-dealkylation sites (tertiary alicyclic amines) is 1. The number of benzene rings is 1. The molecule has 0 aliphatic carbocycles. The van der Waals surface area contributed by atoms with Gasteiger partial charge in [0.1, 0.15) is 5.75 Å². The van der Waals surface area contributed by atoms with E-state index >= 15 is 0 Å². The van der Waals surface area contributed by atoms with Gasteiger partial charge >= 0.3 is 0 Å². The Hall–Kier alpha value is -1.55. The van der Waals surface area contributed by atoms with Crippen LogP contribution in [0, 0.1) is 5.92 Å². The van der Waals surface area contributed by atoms with Crippen LogP contribution in [0.2, 0.25) is 0 Å². The Bertz CT molecular complexity index is 462. The minimum atomic E-state index is 0.0771. The summed E-state index contributed by atoms with van der Waals surface area (Å²) in [6, 6.07) is 7.66. The second-order valence-electron chi connectivity index (χ2n) is 5.93. The fourth-order valence-electron chi connectivity index (χ4n) is 2.87. The Morgan fingerprint density at radius 2 is 2.33 bits per heavy atom. The number of piperidine rings is 1. The predicted octanol–water partition coefficient (Wildman–Crippen LogP) is 2.09. The molecule has 1 N–H and O–H groups in total. The molecular weight excluding hydrogens is 264 g/mol. The minimum absolute atomic E-state index is 0.0771. The number of nitrogens with zero attached hydrogens (tertiary/aromatic N) is 1. The van der Waals surface area contributed by atoms with Crippen molar-refractivity contribution >= 4 is 5.91 Å². The highest BCUT2D eigenvalue weighted by molar-refractivity contribution is 5.78. The van der Waals surface area contributed by atoms with E-state index in [-0.39, 0.29) is 5.91 Å². The molecule has 1 fully saturated rings. The maximum atomic E-state index is 11.9. The van der Waals surface area contributed by atoms with Crippen molar-refractivity contribution in [1.29, 1.82) is 0 Å². The third-order valence-corrected chi connectivity index (χ3v) is 3.99. The summed E-state index contributed by atoms with van der Waals surface area (Å²) in [4.78, 5) is 14.4. The highest BCUT2D eigenvalue weighted by Gasteiger charge is 2.15. The molecule has 1 amide bonds. The molecule has 0 unspecified atom stereocenters. The molecule has 1 aromatic carbocycles. The van der Waals surface area contributed by atoms with Crippen molar-refractivity contribution in [2.24, 2.45) is 5.92 Å². The summed E-state index contributed by atoms with van der Waals surface area (Å²) >= 11 is 0. The number of carbonyl (C=O) groups excluding carboxylic acids is 1. The van der Waals surface area contributed by atoms with Crippen molar-refractivity contribution in [2.45, 2.75) is 26.2 Å². The van der Waals surface area contributed by atoms with E-state index < -0.39 is 0 Å². The summed E-state index contributed by atoms with van der Waals surface area (Å²) < 4.78 is 5.17. The smallest absolute Gasteiger partial charge is 0.224 e. The third kappa shape index (κ3) is 5.38. The van der Waals surface area contributed by atoms with Gasteiger partial charge in [-0.2, -0.15) is 0 Å². The summed E-state index contributed by atoms with van der Waals surface area (Å²) in [6.45, 7) is 6.30. The molecule has 0 radical (unpaired) electrons. The topological polar surface area (TPSA) is 41.6 Å². The molecule has 1 heterocycles. The van der Waals surface area contributed by atoms with Gasteiger partial charge in [-0.15, -0.1) is 0 Å². The summed E-state index contributed by atoms with van der Waals surface area (Å²) in [5.41, 5.74) is 0.985. The zero-order valence-corrected chi connectivity index (χ0v) is 13.1. The number of rotatable bonds is 6. The number of carbonyl (C=O) groups is 1. The molecule has 0 aromatic heterocycles. The summed E-state index contributed by atoms with van der Waals surface area (Å²) in [7, 11) is 1.64. The highest BCUT2D eigenvalue weighted by atomic mass is 16.5. The zero-order chi connectivity index (χ0) is 15.1. The van der Waals surface area contributed by atoms with E-state index in [1.54, 1.807) is 7.11 Å². The molecule has 0 spiro atoms. The van der Waals surface area contributed by atoms with Gasteiger partial charge in [0.25, 0.3) is 0 Å². The number of methoxy groups -OCH3 is 1. The van der Waals surface area contributed by atoms with E-state index in [2.05, 4.69) is 17.1 Å². The highest BCUT2D eigenvalue weighted by Crippen LogP contribution is 2.15. The first kappa shape index (κ1) is 15.8. The maximum Gasteiger partial charge on any atom is 0.224 e. The SMILES string of the molecule is COc1cccc(CC(=O)NCCN2CCC[C@H](C)C2)c1. The molecule has 116 valence electrons. The van der Waals surface area contributed by atoms with Crippen LogP contribution in [0.4, 0.5) is 0 Å². The van der Waals surface area contributed by atoms with Gasteiger partial charge in [-0.05, 0) is 43.0 Å². The average Bonchev–Trinajstić information content (AvgIpc) is 2.47. The van der Waals surface area contributed by atoms with Crippen LogP contribution in [0.15, 0.2) is 24.3 Å². The Morgan fingerprint density at radius 3 is 3.10 bits per heavy atom. The Morgan fingerprint density at radius 1 is 1.48 bits per heavy atom. The van der Waals surface area contributed by atoms with Gasteiger partial charge in [0.2, 0.25) is 5.91 Å². The number of ether oxygens (including phenoxy) is 1. The van der Waals surface area contributed by atoms with Gasteiger partial charge in [-0.3, -0.25) is 4.79 Å². The molecule has 1 saturated heterocycles. The van der Waals surface area contributed by atoms with Crippen LogP contribution < -0.4 is 10.1 Å². The quantitative estimate of drug-likeness (QED) is 0.872. The van der Waals surface area contributed by atoms with Crippen molar-refractivity contribution in [2.75, 3.05) is 33.3 Å². The Labute approximate surface area is 127 Å². The molecule has 0 bridgehead atoms. The standard InChI is InChI=1S/C17H26N2O2/c1-14-5-4-9-19(13-14)10-8-18-17(20)12-15-6-3-7-16(11-15)21-2/h3,6-7,11,14H,4-5,8-10,12-13H2,1-2H3,(H,18,20)/t14-/m0/s1. The molecule has 4 heteroatoms. The molecule has 0 saturated carbocycles. The molecule has 1 aromatic rings. The van der Waals surface area contributed by atoms with Crippen LogP contribution in [0.25, 0.3) is 0 Å². The van der Waals surface area contributed by atoms with E-state index in [1.165, 1.54) is 12.8 Å². The van der Waals surface area contributed by atoms with Crippen LogP contribution in [0.3, 0.4) is 0 Å². The maximum absolute atomic E-state index is 11.9. The van der Waals surface area contributed by atoms with Gasteiger partial charge in [0.15, 0.2) is 0 Å². The van der Waals surface area contributed by atoms with Gasteiger partial charge in [-0.1, -0.05) is 19.1 Å². The largest absolute Gasteiger partial charge is 0.497 e. The van der Waals surface area contributed by atoms with Gasteiger partial charge in [0, 0.05) is 19.6 Å². The summed E-state index contributed by atoms with van der Waals surface area (Å²) in [5.74, 6) is 1.65.